The number of hydrogen-bond acceptors (Lipinski definition) is 2. The minimum Gasteiger partial charge on any atom is -0.322 e. The number of carbonyl (C=O) groups excluding carboxylic acids is 1. The second-order valence-electron chi connectivity index (χ2n) is 5.08. The van der Waals surface area contributed by atoms with Crippen LogP contribution < -0.4 is 5.32 Å². The lowest BCUT2D eigenvalue weighted by Crippen LogP contribution is -2.14. The molecule has 0 aliphatic heterocycles. The zero-order valence-electron chi connectivity index (χ0n) is 12.5. The summed E-state index contributed by atoms with van der Waals surface area (Å²) in [6.45, 7) is 3.86. The van der Waals surface area contributed by atoms with E-state index in [0.717, 1.165) is 22.4 Å². The predicted molar refractivity (Wildman–Crippen MR) is 88.1 cm³/mol. The molecule has 0 saturated heterocycles. The maximum Gasteiger partial charge on any atom is 0.255 e. The van der Waals surface area contributed by atoms with Crippen LogP contribution in [0.15, 0.2) is 42.5 Å². The molecule has 1 amide bonds. The summed E-state index contributed by atoms with van der Waals surface area (Å²) in [5, 5.41) is 2.94. The van der Waals surface area contributed by atoms with E-state index >= 15 is 0 Å². The summed E-state index contributed by atoms with van der Waals surface area (Å²) in [5.41, 5.74) is 4.35. The van der Waals surface area contributed by atoms with Crippen molar-refractivity contribution in [3.05, 3.63) is 64.7 Å². The molecule has 4 heteroatoms. The summed E-state index contributed by atoms with van der Waals surface area (Å²) in [4.78, 5) is 12.3. The second kappa shape index (κ2) is 6.68. The van der Waals surface area contributed by atoms with Crippen LogP contribution in [0.3, 0.4) is 0 Å². The second-order valence-corrected chi connectivity index (χ2v) is 6.51. The third kappa shape index (κ3) is 3.79. The summed E-state index contributed by atoms with van der Waals surface area (Å²) in [6, 6.07) is 13.2. The van der Waals surface area contributed by atoms with E-state index in [-0.39, 0.29) is 5.91 Å². The molecule has 0 heterocycles. The van der Waals surface area contributed by atoms with Gasteiger partial charge in [-0.05, 0) is 42.7 Å². The Labute approximate surface area is 127 Å². The maximum atomic E-state index is 12.3. The minimum atomic E-state index is -0.900. The van der Waals surface area contributed by atoms with Gasteiger partial charge in [-0.1, -0.05) is 30.3 Å². The van der Waals surface area contributed by atoms with Crippen molar-refractivity contribution in [2.75, 3.05) is 11.6 Å². The molecular formula is C17H19NO2S. The van der Waals surface area contributed by atoms with Crippen LogP contribution in [0.25, 0.3) is 0 Å². The summed E-state index contributed by atoms with van der Waals surface area (Å²) >= 11 is 0. The van der Waals surface area contributed by atoms with Crippen molar-refractivity contribution in [2.24, 2.45) is 0 Å². The predicted octanol–water partition coefficient (Wildman–Crippen LogP) is 3.43. The highest BCUT2D eigenvalue weighted by Crippen LogP contribution is 2.21. The molecule has 0 fully saturated rings. The fourth-order valence-electron chi connectivity index (χ4n) is 2.21. The Kier molecular flexibility index (Phi) is 4.91. The van der Waals surface area contributed by atoms with Gasteiger partial charge in [-0.3, -0.25) is 9.00 Å². The number of anilines is 1. The molecular weight excluding hydrogens is 282 g/mol. The highest BCUT2D eigenvalue weighted by atomic mass is 32.2. The summed E-state index contributed by atoms with van der Waals surface area (Å²) in [5.74, 6) is 0.380. The number of benzene rings is 2. The fraction of sp³-hybridized carbons (Fsp3) is 0.235. The van der Waals surface area contributed by atoms with Gasteiger partial charge in [0.25, 0.3) is 5.91 Å². The molecule has 21 heavy (non-hydrogen) atoms. The smallest absolute Gasteiger partial charge is 0.255 e. The standard InChI is InChI=1S/C17H19NO2S/c1-12-7-4-5-9-15(12)17(19)18-16-10-6-8-14(13(16)2)11-21(3)20/h4-10H,11H2,1-3H3,(H,18,19)/t21-/m0/s1. The molecule has 0 radical (unpaired) electrons. The average Bonchev–Trinajstić information content (AvgIpc) is 2.43. The highest BCUT2D eigenvalue weighted by Gasteiger charge is 2.11. The van der Waals surface area contributed by atoms with Crippen LogP contribution in [0, 0.1) is 13.8 Å². The molecule has 2 aromatic carbocycles. The van der Waals surface area contributed by atoms with E-state index < -0.39 is 10.8 Å². The van der Waals surface area contributed by atoms with Gasteiger partial charge >= 0.3 is 0 Å². The van der Waals surface area contributed by atoms with Gasteiger partial charge in [0.15, 0.2) is 0 Å². The number of carbonyl (C=O) groups is 1. The van der Waals surface area contributed by atoms with E-state index in [0.29, 0.717) is 11.3 Å². The lowest BCUT2D eigenvalue weighted by Gasteiger charge is -2.13. The quantitative estimate of drug-likeness (QED) is 0.940. The zero-order chi connectivity index (χ0) is 15.4. The third-order valence-electron chi connectivity index (χ3n) is 3.44. The lowest BCUT2D eigenvalue weighted by atomic mass is 10.1. The van der Waals surface area contributed by atoms with Gasteiger partial charge < -0.3 is 5.32 Å². The van der Waals surface area contributed by atoms with Crippen molar-refractivity contribution in [3.8, 4) is 0 Å². The molecule has 0 bridgehead atoms. The van der Waals surface area contributed by atoms with Crippen molar-refractivity contribution >= 4 is 22.4 Å². The molecule has 0 spiro atoms. The SMILES string of the molecule is Cc1ccccc1C(=O)Nc1cccc(C[S@](C)=O)c1C. The van der Waals surface area contributed by atoms with Gasteiger partial charge in [0.1, 0.15) is 0 Å². The van der Waals surface area contributed by atoms with Gasteiger partial charge in [-0.2, -0.15) is 0 Å². The van der Waals surface area contributed by atoms with Crippen molar-refractivity contribution in [1.82, 2.24) is 0 Å². The summed E-state index contributed by atoms with van der Waals surface area (Å²) in [7, 11) is -0.900. The minimum absolute atomic E-state index is 0.119. The van der Waals surface area contributed by atoms with Gasteiger partial charge in [0.2, 0.25) is 0 Å². The van der Waals surface area contributed by atoms with Gasteiger partial charge in [-0.25, -0.2) is 0 Å². The highest BCUT2D eigenvalue weighted by molar-refractivity contribution is 7.83. The largest absolute Gasteiger partial charge is 0.322 e. The van der Waals surface area contributed by atoms with Gasteiger partial charge in [0.05, 0.1) is 0 Å². The monoisotopic (exact) mass is 301 g/mol. The van der Waals surface area contributed by atoms with Crippen molar-refractivity contribution in [2.45, 2.75) is 19.6 Å². The maximum absolute atomic E-state index is 12.3. The van der Waals surface area contributed by atoms with E-state index in [9.17, 15) is 9.00 Å². The van der Waals surface area contributed by atoms with Crippen LogP contribution in [0.2, 0.25) is 0 Å². The Morgan fingerprint density at radius 2 is 1.81 bits per heavy atom. The molecule has 2 aromatic rings. The number of hydrogen-bond donors (Lipinski definition) is 1. The number of aryl methyl sites for hydroxylation is 1. The van der Waals surface area contributed by atoms with Gasteiger partial charge in [0, 0.05) is 34.1 Å². The van der Waals surface area contributed by atoms with Crippen LogP contribution in [-0.2, 0) is 16.6 Å². The Balaban J connectivity index is 2.26. The first kappa shape index (κ1) is 15.4. The van der Waals surface area contributed by atoms with Crippen molar-refractivity contribution in [3.63, 3.8) is 0 Å². The molecule has 0 unspecified atom stereocenters. The van der Waals surface area contributed by atoms with Crippen LogP contribution in [0.5, 0.6) is 0 Å². The number of amides is 1. The molecule has 0 aromatic heterocycles. The molecule has 1 atom stereocenters. The summed E-state index contributed by atoms with van der Waals surface area (Å²) in [6.07, 6.45) is 1.68. The zero-order valence-corrected chi connectivity index (χ0v) is 13.3. The van der Waals surface area contributed by atoms with E-state index in [2.05, 4.69) is 5.32 Å². The fourth-order valence-corrected chi connectivity index (χ4v) is 2.96. The summed E-state index contributed by atoms with van der Waals surface area (Å²) < 4.78 is 11.4. The topological polar surface area (TPSA) is 46.2 Å². The first-order valence-corrected chi connectivity index (χ1v) is 8.47. The molecule has 0 aliphatic carbocycles. The van der Waals surface area contributed by atoms with E-state index in [1.807, 2.05) is 56.3 Å². The van der Waals surface area contributed by atoms with Crippen molar-refractivity contribution in [1.29, 1.82) is 0 Å². The van der Waals surface area contributed by atoms with E-state index in [1.165, 1.54) is 0 Å². The lowest BCUT2D eigenvalue weighted by molar-refractivity contribution is 0.102. The first-order valence-electron chi connectivity index (χ1n) is 6.74. The molecule has 2 rings (SSSR count). The van der Waals surface area contributed by atoms with Crippen LogP contribution in [-0.4, -0.2) is 16.4 Å². The van der Waals surface area contributed by atoms with Crippen LogP contribution in [0.4, 0.5) is 5.69 Å². The Hall–Kier alpha value is -1.94. The van der Waals surface area contributed by atoms with Crippen LogP contribution >= 0.6 is 0 Å². The molecule has 110 valence electrons. The van der Waals surface area contributed by atoms with Crippen molar-refractivity contribution < 1.29 is 9.00 Å². The first-order chi connectivity index (χ1) is 9.99. The number of nitrogens with one attached hydrogen (secondary N) is 1. The molecule has 0 saturated carbocycles. The molecule has 1 N–H and O–H groups in total. The number of rotatable bonds is 4. The van der Waals surface area contributed by atoms with Crippen LogP contribution in [0.1, 0.15) is 27.0 Å². The molecule has 3 nitrogen and oxygen atoms in total. The van der Waals surface area contributed by atoms with E-state index in [4.69, 9.17) is 0 Å². The normalized spacial score (nSPS) is 12.0. The average molecular weight is 301 g/mol. The van der Waals surface area contributed by atoms with Gasteiger partial charge in [-0.15, -0.1) is 0 Å². The van der Waals surface area contributed by atoms with E-state index in [1.54, 1.807) is 6.26 Å². The molecule has 0 aliphatic rings. The Morgan fingerprint density at radius 3 is 2.48 bits per heavy atom. The third-order valence-corrected chi connectivity index (χ3v) is 4.16. The Bertz CT molecular complexity index is 695. The Morgan fingerprint density at radius 1 is 1.10 bits per heavy atom.